The van der Waals surface area contributed by atoms with Crippen LogP contribution in [0.15, 0.2) is 0 Å². The summed E-state index contributed by atoms with van der Waals surface area (Å²) in [6.07, 6.45) is 6.84. The van der Waals surface area contributed by atoms with Crippen molar-refractivity contribution in [3.63, 3.8) is 0 Å². The Hall–Kier alpha value is 0.270. The Bertz CT molecular complexity index is 188. The van der Waals surface area contributed by atoms with Crippen LogP contribution < -0.4 is 5.32 Å². The normalized spacial score (nSPS) is 29.0. The van der Waals surface area contributed by atoms with Crippen molar-refractivity contribution in [1.82, 2.24) is 5.32 Å². The number of nitrogens with one attached hydrogen (secondary N) is 1. The van der Waals surface area contributed by atoms with E-state index in [4.69, 9.17) is 4.74 Å². The Morgan fingerprint density at radius 3 is 2.93 bits per heavy atom. The molecular formula is C12H23NOS. The van der Waals surface area contributed by atoms with Crippen LogP contribution in [0.25, 0.3) is 0 Å². The molecule has 1 aliphatic heterocycles. The average Bonchev–Trinajstić information content (AvgIpc) is 3.06. The molecule has 0 amide bonds. The fourth-order valence-electron chi connectivity index (χ4n) is 2.27. The van der Waals surface area contributed by atoms with E-state index in [1.54, 1.807) is 7.11 Å². The van der Waals surface area contributed by atoms with Gasteiger partial charge in [0.15, 0.2) is 0 Å². The molecule has 0 aromatic heterocycles. The Morgan fingerprint density at radius 1 is 1.47 bits per heavy atom. The minimum absolute atomic E-state index is 0.609. The largest absolute Gasteiger partial charge is 0.385 e. The van der Waals surface area contributed by atoms with Crippen LogP contribution in [0.5, 0.6) is 0 Å². The number of ether oxygens (including phenoxy) is 1. The van der Waals surface area contributed by atoms with Crippen molar-refractivity contribution in [3.05, 3.63) is 0 Å². The third-order valence-electron chi connectivity index (χ3n) is 3.72. The SMILES string of the molecule is COCCC1(CNC2CCCSC2)CC1. The molecule has 1 atom stereocenters. The molecule has 0 bridgehead atoms. The molecule has 1 N–H and O–H groups in total. The second-order valence-electron chi connectivity index (χ2n) is 5.04. The van der Waals surface area contributed by atoms with Crippen molar-refractivity contribution in [3.8, 4) is 0 Å². The van der Waals surface area contributed by atoms with Gasteiger partial charge in [-0.15, -0.1) is 0 Å². The maximum absolute atomic E-state index is 5.18. The average molecular weight is 229 g/mol. The molecule has 15 heavy (non-hydrogen) atoms. The zero-order valence-corrected chi connectivity index (χ0v) is 10.6. The molecule has 0 radical (unpaired) electrons. The van der Waals surface area contributed by atoms with Crippen LogP contribution in [0.2, 0.25) is 0 Å². The molecule has 1 saturated carbocycles. The van der Waals surface area contributed by atoms with Crippen LogP contribution in [-0.2, 0) is 4.74 Å². The van der Waals surface area contributed by atoms with Gasteiger partial charge < -0.3 is 10.1 Å². The van der Waals surface area contributed by atoms with Crippen molar-refractivity contribution in [2.75, 3.05) is 31.8 Å². The van der Waals surface area contributed by atoms with Gasteiger partial charge in [-0.25, -0.2) is 0 Å². The topological polar surface area (TPSA) is 21.3 Å². The Balaban J connectivity index is 1.63. The van der Waals surface area contributed by atoms with E-state index in [1.165, 1.54) is 50.2 Å². The maximum Gasteiger partial charge on any atom is 0.0468 e. The molecule has 3 heteroatoms. The van der Waals surface area contributed by atoms with Crippen molar-refractivity contribution in [2.45, 2.75) is 38.1 Å². The van der Waals surface area contributed by atoms with Crippen LogP contribution in [-0.4, -0.2) is 37.8 Å². The molecule has 2 rings (SSSR count). The number of rotatable bonds is 6. The van der Waals surface area contributed by atoms with Crippen molar-refractivity contribution in [1.29, 1.82) is 0 Å². The maximum atomic E-state index is 5.18. The smallest absolute Gasteiger partial charge is 0.0468 e. The first-order chi connectivity index (χ1) is 7.35. The highest BCUT2D eigenvalue weighted by atomic mass is 32.2. The van der Waals surface area contributed by atoms with Crippen LogP contribution >= 0.6 is 11.8 Å². The molecule has 1 unspecified atom stereocenters. The van der Waals surface area contributed by atoms with E-state index in [-0.39, 0.29) is 0 Å². The van der Waals surface area contributed by atoms with Crippen LogP contribution in [0.1, 0.15) is 32.1 Å². The molecule has 1 heterocycles. The summed E-state index contributed by atoms with van der Waals surface area (Å²) in [5.74, 6) is 2.69. The molecular weight excluding hydrogens is 206 g/mol. The summed E-state index contributed by atoms with van der Waals surface area (Å²) < 4.78 is 5.18. The predicted molar refractivity (Wildman–Crippen MR) is 66.5 cm³/mol. The number of methoxy groups -OCH3 is 1. The Morgan fingerprint density at radius 2 is 2.33 bits per heavy atom. The molecule has 1 aliphatic carbocycles. The van der Waals surface area contributed by atoms with Gasteiger partial charge in [0, 0.05) is 32.1 Å². The quantitative estimate of drug-likeness (QED) is 0.755. The van der Waals surface area contributed by atoms with Crippen LogP contribution in [0, 0.1) is 5.41 Å². The molecule has 2 aliphatic rings. The Kier molecular flexibility index (Phi) is 4.35. The lowest BCUT2D eigenvalue weighted by Crippen LogP contribution is -2.37. The number of hydrogen-bond acceptors (Lipinski definition) is 3. The highest BCUT2D eigenvalue weighted by molar-refractivity contribution is 7.99. The minimum atomic E-state index is 0.609. The van der Waals surface area contributed by atoms with Gasteiger partial charge in [-0.1, -0.05) is 0 Å². The molecule has 88 valence electrons. The summed E-state index contributed by atoms with van der Waals surface area (Å²) in [5.41, 5.74) is 0.609. The summed E-state index contributed by atoms with van der Waals surface area (Å²) in [5, 5.41) is 3.76. The van der Waals surface area contributed by atoms with Crippen molar-refractivity contribution in [2.24, 2.45) is 5.41 Å². The lowest BCUT2D eigenvalue weighted by Gasteiger charge is -2.25. The standard InChI is InChI=1S/C12H23NOS/c1-14-7-6-12(4-5-12)10-13-11-3-2-8-15-9-11/h11,13H,2-10H2,1H3. The zero-order chi connectivity index (χ0) is 10.6. The van der Waals surface area contributed by atoms with Gasteiger partial charge in [0.2, 0.25) is 0 Å². The van der Waals surface area contributed by atoms with E-state index < -0.39 is 0 Å². The van der Waals surface area contributed by atoms with Gasteiger partial charge in [0.05, 0.1) is 0 Å². The van der Waals surface area contributed by atoms with Gasteiger partial charge >= 0.3 is 0 Å². The molecule has 0 aromatic carbocycles. The first-order valence-corrected chi connectivity index (χ1v) is 7.30. The number of hydrogen-bond donors (Lipinski definition) is 1. The monoisotopic (exact) mass is 229 g/mol. The summed E-state index contributed by atoms with van der Waals surface area (Å²) in [6, 6.07) is 0.781. The summed E-state index contributed by atoms with van der Waals surface area (Å²) >= 11 is 2.10. The van der Waals surface area contributed by atoms with E-state index in [1.807, 2.05) is 0 Å². The summed E-state index contributed by atoms with van der Waals surface area (Å²) in [4.78, 5) is 0. The van der Waals surface area contributed by atoms with E-state index >= 15 is 0 Å². The Labute approximate surface area is 97.5 Å². The third kappa shape index (κ3) is 3.65. The fourth-order valence-corrected chi connectivity index (χ4v) is 3.38. The molecule has 0 aromatic rings. The van der Waals surface area contributed by atoms with E-state index in [0.29, 0.717) is 5.41 Å². The van der Waals surface area contributed by atoms with Crippen molar-refractivity contribution >= 4 is 11.8 Å². The van der Waals surface area contributed by atoms with Gasteiger partial charge in [-0.2, -0.15) is 11.8 Å². The fraction of sp³-hybridized carbons (Fsp3) is 1.00. The predicted octanol–water partition coefficient (Wildman–Crippen LogP) is 2.29. The van der Waals surface area contributed by atoms with E-state index in [9.17, 15) is 0 Å². The van der Waals surface area contributed by atoms with Gasteiger partial charge in [-0.3, -0.25) is 0 Å². The summed E-state index contributed by atoms with van der Waals surface area (Å²) in [7, 11) is 1.81. The molecule has 2 fully saturated rings. The van der Waals surface area contributed by atoms with Crippen LogP contribution in [0.3, 0.4) is 0 Å². The molecule has 1 saturated heterocycles. The van der Waals surface area contributed by atoms with Gasteiger partial charge in [-0.05, 0) is 43.3 Å². The van der Waals surface area contributed by atoms with E-state index in [0.717, 1.165) is 12.6 Å². The molecule has 0 spiro atoms. The van der Waals surface area contributed by atoms with E-state index in [2.05, 4.69) is 17.1 Å². The lowest BCUT2D eigenvalue weighted by molar-refractivity contribution is 0.170. The van der Waals surface area contributed by atoms with Crippen LogP contribution in [0.4, 0.5) is 0 Å². The second kappa shape index (κ2) is 5.55. The first kappa shape index (κ1) is 11.7. The lowest BCUT2D eigenvalue weighted by atomic mass is 10.0. The highest BCUT2D eigenvalue weighted by Crippen LogP contribution is 2.48. The van der Waals surface area contributed by atoms with Gasteiger partial charge in [0.25, 0.3) is 0 Å². The zero-order valence-electron chi connectivity index (χ0n) is 9.76. The van der Waals surface area contributed by atoms with Crippen molar-refractivity contribution < 1.29 is 4.74 Å². The van der Waals surface area contributed by atoms with Gasteiger partial charge in [0.1, 0.15) is 0 Å². The highest BCUT2D eigenvalue weighted by Gasteiger charge is 2.41. The second-order valence-corrected chi connectivity index (χ2v) is 6.19. The minimum Gasteiger partial charge on any atom is -0.385 e. The summed E-state index contributed by atoms with van der Waals surface area (Å²) in [6.45, 7) is 2.16. The molecule has 2 nitrogen and oxygen atoms in total. The third-order valence-corrected chi connectivity index (χ3v) is 4.94. The first-order valence-electron chi connectivity index (χ1n) is 6.15. The number of thioether (sulfide) groups is 1.